The first-order chi connectivity index (χ1) is 13.2. The molecule has 2 fully saturated rings. The van der Waals surface area contributed by atoms with Crippen molar-refractivity contribution in [2.45, 2.75) is 50.7 Å². The van der Waals surface area contributed by atoms with Gasteiger partial charge in [-0.15, -0.1) is 5.10 Å². The summed E-state index contributed by atoms with van der Waals surface area (Å²) >= 11 is 0. The normalized spacial score (nSPS) is 26.0. The molecule has 8 heteroatoms. The summed E-state index contributed by atoms with van der Waals surface area (Å²) < 4.78 is 12.9. The summed E-state index contributed by atoms with van der Waals surface area (Å²) in [5, 5.41) is 15.1. The van der Waals surface area contributed by atoms with E-state index in [0.717, 1.165) is 24.3 Å². The van der Waals surface area contributed by atoms with Crippen molar-refractivity contribution in [2.75, 3.05) is 13.2 Å². The lowest BCUT2D eigenvalue weighted by atomic mass is 9.99. The van der Waals surface area contributed by atoms with Crippen LogP contribution in [0.2, 0.25) is 0 Å². The van der Waals surface area contributed by atoms with Gasteiger partial charge in [0.15, 0.2) is 17.2 Å². The van der Waals surface area contributed by atoms with E-state index in [4.69, 9.17) is 9.47 Å². The molecule has 0 spiro atoms. The molecule has 2 atom stereocenters. The van der Waals surface area contributed by atoms with Gasteiger partial charge in [-0.1, -0.05) is 5.21 Å². The average Bonchev–Trinajstić information content (AvgIpc) is 3.23. The number of rotatable bonds is 3. The number of nitrogens with one attached hydrogen (secondary N) is 2. The molecule has 0 saturated carbocycles. The molecule has 2 unspecified atom stereocenters. The van der Waals surface area contributed by atoms with Crippen molar-refractivity contribution in [1.29, 1.82) is 0 Å². The van der Waals surface area contributed by atoms with Crippen molar-refractivity contribution in [3.63, 3.8) is 0 Å². The fraction of sp³-hybridized carbons (Fsp3) is 0.526. The van der Waals surface area contributed by atoms with Crippen molar-refractivity contribution in [3.05, 3.63) is 29.6 Å². The largest absolute Gasteiger partial charge is 0.486 e. The van der Waals surface area contributed by atoms with Crippen LogP contribution in [0.25, 0.3) is 5.69 Å². The summed E-state index contributed by atoms with van der Waals surface area (Å²) in [7, 11) is 0. The van der Waals surface area contributed by atoms with E-state index in [1.807, 2.05) is 25.1 Å². The third kappa shape index (κ3) is 3.03. The van der Waals surface area contributed by atoms with Crippen LogP contribution < -0.4 is 20.1 Å². The van der Waals surface area contributed by atoms with Crippen molar-refractivity contribution >= 4 is 5.91 Å². The second kappa shape index (κ2) is 6.53. The summed E-state index contributed by atoms with van der Waals surface area (Å²) in [6, 6.07) is 6.88. The van der Waals surface area contributed by atoms with Crippen LogP contribution in [0.3, 0.4) is 0 Å². The minimum atomic E-state index is -0.150. The maximum absolute atomic E-state index is 12.8. The van der Waals surface area contributed by atoms with Crippen LogP contribution in [0, 0.1) is 6.92 Å². The molecule has 5 rings (SSSR count). The van der Waals surface area contributed by atoms with Gasteiger partial charge in [0.05, 0.1) is 11.4 Å². The highest BCUT2D eigenvalue weighted by Crippen LogP contribution is 2.32. The highest BCUT2D eigenvalue weighted by atomic mass is 16.6. The van der Waals surface area contributed by atoms with Crippen molar-refractivity contribution < 1.29 is 14.3 Å². The zero-order valence-corrected chi connectivity index (χ0v) is 15.3. The van der Waals surface area contributed by atoms with E-state index in [1.54, 1.807) is 4.68 Å². The van der Waals surface area contributed by atoms with Gasteiger partial charge in [-0.3, -0.25) is 4.79 Å². The molecule has 4 heterocycles. The molecule has 1 amide bonds. The number of ether oxygens (including phenoxy) is 2. The number of aromatic nitrogens is 3. The Labute approximate surface area is 157 Å². The third-order valence-electron chi connectivity index (χ3n) is 5.69. The van der Waals surface area contributed by atoms with Crippen molar-refractivity contribution in [3.8, 4) is 17.2 Å². The number of piperidine rings is 1. The van der Waals surface area contributed by atoms with Gasteiger partial charge in [-0.05, 0) is 44.7 Å². The summed E-state index contributed by atoms with van der Waals surface area (Å²) in [6.45, 7) is 2.94. The number of benzene rings is 1. The van der Waals surface area contributed by atoms with Gasteiger partial charge in [0, 0.05) is 24.2 Å². The number of nitrogens with zero attached hydrogens (tertiary/aromatic N) is 3. The molecule has 8 nitrogen and oxygen atoms in total. The number of hydrogen-bond acceptors (Lipinski definition) is 6. The lowest BCUT2D eigenvalue weighted by Gasteiger charge is -2.29. The maximum atomic E-state index is 12.8. The number of fused-ring (bicyclic) bond motifs is 3. The topological polar surface area (TPSA) is 90.3 Å². The molecule has 2 bridgehead atoms. The first kappa shape index (κ1) is 16.6. The lowest BCUT2D eigenvalue weighted by Crippen LogP contribution is -2.48. The van der Waals surface area contributed by atoms with Crippen LogP contribution in [0.4, 0.5) is 0 Å². The fourth-order valence-electron chi connectivity index (χ4n) is 4.38. The highest BCUT2D eigenvalue weighted by molar-refractivity contribution is 5.93. The summed E-state index contributed by atoms with van der Waals surface area (Å²) in [6.07, 6.45) is 4.38. The number of hydrogen-bond donors (Lipinski definition) is 2. The van der Waals surface area contributed by atoms with Gasteiger partial charge < -0.3 is 20.1 Å². The van der Waals surface area contributed by atoms with E-state index < -0.39 is 0 Å². The van der Waals surface area contributed by atoms with Crippen LogP contribution >= 0.6 is 0 Å². The Morgan fingerprint density at radius 1 is 1.19 bits per heavy atom. The van der Waals surface area contributed by atoms with Crippen LogP contribution in [-0.4, -0.2) is 52.2 Å². The molecular formula is C19H23N5O3. The molecule has 2 aromatic rings. The zero-order valence-electron chi connectivity index (χ0n) is 15.3. The number of amides is 1. The van der Waals surface area contributed by atoms with Crippen LogP contribution in [0.1, 0.15) is 41.9 Å². The van der Waals surface area contributed by atoms with Gasteiger partial charge in [-0.2, -0.15) is 0 Å². The average molecular weight is 369 g/mol. The molecule has 27 heavy (non-hydrogen) atoms. The molecule has 142 valence electrons. The Balaban J connectivity index is 1.34. The van der Waals surface area contributed by atoms with E-state index in [2.05, 4.69) is 20.9 Å². The third-order valence-corrected chi connectivity index (χ3v) is 5.69. The molecule has 1 aromatic carbocycles. The van der Waals surface area contributed by atoms with Gasteiger partial charge in [0.25, 0.3) is 5.91 Å². The second-order valence-corrected chi connectivity index (χ2v) is 7.54. The SMILES string of the molecule is Cc1c(C(=O)NC2CC3CCC(C2)N3)nnn1-c1ccc2c(c1)OCCO2. The van der Waals surface area contributed by atoms with E-state index in [0.29, 0.717) is 42.4 Å². The monoisotopic (exact) mass is 369 g/mol. The summed E-state index contributed by atoms with van der Waals surface area (Å²) in [5.41, 5.74) is 1.88. The predicted molar refractivity (Wildman–Crippen MR) is 97.5 cm³/mol. The number of carbonyl (C=O) groups is 1. The minimum Gasteiger partial charge on any atom is -0.486 e. The quantitative estimate of drug-likeness (QED) is 0.849. The van der Waals surface area contributed by atoms with Gasteiger partial charge in [0.1, 0.15) is 13.2 Å². The zero-order chi connectivity index (χ0) is 18.4. The van der Waals surface area contributed by atoms with E-state index in [1.165, 1.54) is 12.8 Å². The van der Waals surface area contributed by atoms with Gasteiger partial charge >= 0.3 is 0 Å². The Morgan fingerprint density at radius 2 is 1.93 bits per heavy atom. The standard InChI is InChI=1S/C19H23N5O3/c1-11-18(19(25)21-14-8-12-2-3-13(9-14)20-12)22-23-24(11)15-4-5-16-17(10-15)27-7-6-26-16/h4-5,10,12-14,20H,2-3,6-9H2,1H3,(H,21,25). The lowest BCUT2D eigenvalue weighted by molar-refractivity contribution is 0.0918. The minimum absolute atomic E-state index is 0.150. The Bertz CT molecular complexity index is 868. The molecule has 3 aliphatic heterocycles. The van der Waals surface area contributed by atoms with Crippen LogP contribution in [0.5, 0.6) is 11.5 Å². The molecule has 1 aromatic heterocycles. The smallest absolute Gasteiger partial charge is 0.273 e. The Morgan fingerprint density at radius 3 is 2.70 bits per heavy atom. The van der Waals surface area contributed by atoms with Crippen molar-refractivity contribution in [2.24, 2.45) is 0 Å². The molecule has 3 aliphatic rings. The molecule has 2 saturated heterocycles. The van der Waals surface area contributed by atoms with Crippen LogP contribution in [0.15, 0.2) is 18.2 Å². The van der Waals surface area contributed by atoms with E-state index >= 15 is 0 Å². The first-order valence-electron chi connectivity index (χ1n) is 9.56. The highest BCUT2D eigenvalue weighted by Gasteiger charge is 2.34. The predicted octanol–water partition coefficient (Wildman–Crippen LogP) is 1.36. The van der Waals surface area contributed by atoms with E-state index in [9.17, 15) is 4.79 Å². The molecule has 0 aliphatic carbocycles. The fourth-order valence-corrected chi connectivity index (χ4v) is 4.38. The molecule has 0 radical (unpaired) electrons. The number of carbonyl (C=O) groups excluding carboxylic acids is 1. The molecular weight excluding hydrogens is 346 g/mol. The van der Waals surface area contributed by atoms with Crippen LogP contribution in [-0.2, 0) is 0 Å². The van der Waals surface area contributed by atoms with Gasteiger partial charge in [0.2, 0.25) is 0 Å². The van der Waals surface area contributed by atoms with Gasteiger partial charge in [-0.25, -0.2) is 4.68 Å². The summed E-state index contributed by atoms with van der Waals surface area (Å²) in [5.74, 6) is 1.26. The maximum Gasteiger partial charge on any atom is 0.273 e. The molecule has 2 N–H and O–H groups in total. The Kier molecular flexibility index (Phi) is 4.00. The van der Waals surface area contributed by atoms with Crippen molar-refractivity contribution in [1.82, 2.24) is 25.6 Å². The second-order valence-electron chi connectivity index (χ2n) is 7.54. The Hall–Kier alpha value is -2.61. The van der Waals surface area contributed by atoms with E-state index in [-0.39, 0.29) is 11.9 Å². The first-order valence-corrected chi connectivity index (χ1v) is 9.56. The summed E-state index contributed by atoms with van der Waals surface area (Å²) in [4.78, 5) is 12.8.